The van der Waals surface area contributed by atoms with Gasteiger partial charge in [0.15, 0.2) is 11.3 Å². The number of amides is 1. The van der Waals surface area contributed by atoms with E-state index in [1.54, 1.807) is 9.58 Å². The lowest BCUT2D eigenvalue weighted by atomic mass is 10.2. The second-order valence-corrected chi connectivity index (χ2v) is 7.56. The Morgan fingerprint density at radius 3 is 2.40 bits per heavy atom. The third-order valence-electron chi connectivity index (χ3n) is 5.23. The first-order valence-electron chi connectivity index (χ1n) is 9.57. The van der Waals surface area contributed by atoms with Crippen molar-refractivity contribution < 1.29 is 18.0 Å². The number of carbonyl (C=O) groups excluding carboxylic acids is 1. The van der Waals surface area contributed by atoms with Crippen LogP contribution in [0.3, 0.4) is 0 Å². The van der Waals surface area contributed by atoms with Crippen LogP contribution in [0.1, 0.15) is 33.1 Å². The van der Waals surface area contributed by atoms with E-state index in [2.05, 4.69) is 20.1 Å². The minimum atomic E-state index is -4.59. The summed E-state index contributed by atoms with van der Waals surface area (Å²) in [6.45, 7) is 6.47. The van der Waals surface area contributed by atoms with Gasteiger partial charge in [0.25, 0.3) is 5.91 Å². The van der Waals surface area contributed by atoms with Crippen molar-refractivity contribution >= 4 is 11.6 Å². The quantitative estimate of drug-likeness (QED) is 0.648. The van der Waals surface area contributed by atoms with Gasteiger partial charge in [-0.1, -0.05) is 0 Å². The molecule has 3 aromatic heterocycles. The molecule has 4 rings (SSSR count). The Labute approximate surface area is 170 Å². The third kappa shape index (κ3) is 3.89. The van der Waals surface area contributed by atoms with Crippen molar-refractivity contribution in [3.05, 3.63) is 46.7 Å². The van der Waals surface area contributed by atoms with Crippen LogP contribution < -0.4 is 0 Å². The maximum atomic E-state index is 13.3. The van der Waals surface area contributed by atoms with Gasteiger partial charge < -0.3 is 4.90 Å². The standard InChI is InChI=1S/C19H22F3N7O/c1-12-8-16(19(20,21)22)29-17(23-12)9-15(25-29)18(30)28-6-4-27(5-7-28)11-14-10-26(3)24-13(14)2/h8-10H,4-7,11H2,1-3H3. The molecule has 0 N–H and O–H groups in total. The Balaban J connectivity index is 1.48. The van der Waals surface area contributed by atoms with Gasteiger partial charge in [-0.25, -0.2) is 9.50 Å². The van der Waals surface area contributed by atoms with Crippen molar-refractivity contribution in [3.63, 3.8) is 0 Å². The molecule has 1 amide bonds. The van der Waals surface area contributed by atoms with E-state index in [-0.39, 0.29) is 22.9 Å². The highest BCUT2D eigenvalue weighted by Gasteiger charge is 2.35. The highest BCUT2D eigenvalue weighted by atomic mass is 19.4. The van der Waals surface area contributed by atoms with Gasteiger partial charge in [-0.2, -0.15) is 23.4 Å². The fourth-order valence-electron chi connectivity index (χ4n) is 3.72. The molecule has 0 radical (unpaired) electrons. The number of aromatic nitrogens is 5. The van der Waals surface area contributed by atoms with Crippen LogP contribution in [0.2, 0.25) is 0 Å². The van der Waals surface area contributed by atoms with E-state index < -0.39 is 11.9 Å². The lowest BCUT2D eigenvalue weighted by Gasteiger charge is -2.34. The van der Waals surface area contributed by atoms with Crippen LogP contribution in [0.15, 0.2) is 18.3 Å². The molecule has 0 aromatic carbocycles. The molecule has 3 aromatic rings. The summed E-state index contributed by atoms with van der Waals surface area (Å²) < 4.78 is 42.4. The van der Waals surface area contributed by atoms with Gasteiger partial charge in [0.05, 0.1) is 5.69 Å². The molecule has 0 saturated carbocycles. The maximum absolute atomic E-state index is 13.3. The number of alkyl halides is 3. The number of hydrogen-bond acceptors (Lipinski definition) is 5. The van der Waals surface area contributed by atoms with Gasteiger partial charge in [0, 0.05) is 63.3 Å². The van der Waals surface area contributed by atoms with E-state index in [0.29, 0.717) is 30.7 Å². The number of halogens is 3. The number of piperazine rings is 1. The molecule has 0 bridgehead atoms. The Hall–Kier alpha value is -2.95. The van der Waals surface area contributed by atoms with Gasteiger partial charge >= 0.3 is 6.18 Å². The van der Waals surface area contributed by atoms with Crippen molar-refractivity contribution in [2.45, 2.75) is 26.6 Å². The van der Waals surface area contributed by atoms with Crippen LogP contribution in [-0.2, 0) is 19.8 Å². The number of fused-ring (bicyclic) bond motifs is 1. The largest absolute Gasteiger partial charge is 0.433 e. The molecule has 1 aliphatic heterocycles. The highest BCUT2D eigenvalue weighted by Crippen LogP contribution is 2.30. The fourth-order valence-corrected chi connectivity index (χ4v) is 3.72. The third-order valence-corrected chi connectivity index (χ3v) is 5.23. The maximum Gasteiger partial charge on any atom is 0.433 e. The molecule has 0 unspecified atom stereocenters. The fraction of sp³-hybridized carbons (Fsp3) is 0.474. The van der Waals surface area contributed by atoms with E-state index in [9.17, 15) is 18.0 Å². The summed E-state index contributed by atoms with van der Waals surface area (Å²) in [5, 5.41) is 8.25. The Bertz CT molecular complexity index is 1090. The van der Waals surface area contributed by atoms with Crippen molar-refractivity contribution in [1.29, 1.82) is 0 Å². The summed E-state index contributed by atoms with van der Waals surface area (Å²) in [5.74, 6) is -0.386. The number of aryl methyl sites for hydroxylation is 3. The SMILES string of the molecule is Cc1cc(C(F)(F)F)n2nc(C(=O)N3CCN(Cc4cn(C)nc4C)CC3)cc2n1. The molecule has 11 heteroatoms. The summed E-state index contributed by atoms with van der Waals surface area (Å²) in [7, 11) is 1.88. The molecule has 1 aliphatic rings. The van der Waals surface area contributed by atoms with Gasteiger partial charge in [-0.05, 0) is 19.9 Å². The lowest BCUT2D eigenvalue weighted by molar-refractivity contribution is -0.142. The monoisotopic (exact) mass is 421 g/mol. The average Bonchev–Trinajstić information content (AvgIpc) is 3.22. The second-order valence-electron chi connectivity index (χ2n) is 7.56. The topological polar surface area (TPSA) is 71.6 Å². The summed E-state index contributed by atoms with van der Waals surface area (Å²) in [4.78, 5) is 20.8. The minimum Gasteiger partial charge on any atom is -0.335 e. The molecule has 8 nitrogen and oxygen atoms in total. The van der Waals surface area contributed by atoms with Gasteiger partial charge in [0.1, 0.15) is 5.69 Å². The average molecular weight is 421 g/mol. The van der Waals surface area contributed by atoms with E-state index in [4.69, 9.17) is 0 Å². The summed E-state index contributed by atoms with van der Waals surface area (Å²) in [5.41, 5.74) is 1.36. The van der Waals surface area contributed by atoms with Crippen molar-refractivity contribution in [1.82, 2.24) is 34.2 Å². The lowest BCUT2D eigenvalue weighted by Crippen LogP contribution is -2.48. The normalized spacial score (nSPS) is 15.9. The zero-order valence-corrected chi connectivity index (χ0v) is 16.9. The molecular weight excluding hydrogens is 399 g/mol. The van der Waals surface area contributed by atoms with Crippen LogP contribution in [0.4, 0.5) is 13.2 Å². The molecule has 160 valence electrons. The molecule has 1 saturated heterocycles. The first-order valence-corrected chi connectivity index (χ1v) is 9.57. The molecule has 4 heterocycles. The predicted octanol–water partition coefficient (Wildman–Crippen LogP) is 2.06. The molecule has 0 aliphatic carbocycles. The number of nitrogens with zero attached hydrogens (tertiary/aromatic N) is 7. The van der Waals surface area contributed by atoms with Gasteiger partial charge in [0.2, 0.25) is 0 Å². The zero-order chi connectivity index (χ0) is 21.6. The van der Waals surface area contributed by atoms with Crippen LogP contribution in [0.25, 0.3) is 5.65 Å². The van der Waals surface area contributed by atoms with E-state index in [0.717, 1.165) is 23.9 Å². The Kier molecular flexibility index (Phi) is 5.00. The summed E-state index contributed by atoms with van der Waals surface area (Å²) >= 11 is 0. The zero-order valence-electron chi connectivity index (χ0n) is 16.9. The highest BCUT2D eigenvalue weighted by molar-refractivity contribution is 5.93. The van der Waals surface area contributed by atoms with Crippen LogP contribution in [0, 0.1) is 13.8 Å². The molecule has 0 spiro atoms. The van der Waals surface area contributed by atoms with Crippen molar-refractivity contribution in [2.24, 2.45) is 7.05 Å². The van der Waals surface area contributed by atoms with Crippen molar-refractivity contribution in [3.8, 4) is 0 Å². The molecule has 0 atom stereocenters. The number of rotatable bonds is 3. The van der Waals surface area contributed by atoms with Crippen LogP contribution in [-0.4, -0.2) is 66.3 Å². The van der Waals surface area contributed by atoms with Gasteiger partial charge in [-0.15, -0.1) is 0 Å². The first-order chi connectivity index (χ1) is 14.1. The second kappa shape index (κ2) is 7.38. The van der Waals surface area contributed by atoms with Crippen LogP contribution >= 0.6 is 0 Å². The van der Waals surface area contributed by atoms with Gasteiger partial charge in [-0.3, -0.25) is 14.4 Å². The van der Waals surface area contributed by atoms with E-state index >= 15 is 0 Å². The van der Waals surface area contributed by atoms with E-state index in [1.165, 1.54) is 13.0 Å². The van der Waals surface area contributed by atoms with Crippen molar-refractivity contribution in [2.75, 3.05) is 26.2 Å². The smallest absolute Gasteiger partial charge is 0.335 e. The van der Waals surface area contributed by atoms with E-state index in [1.807, 2.05) is 20.2 Å². The van der Waals surface area contributed by atoms with Crippen LogP contribution in [0.5, 0.6) is 0 Å². The number of carbonyl (C=O) groups is 1. The molecule has 30 heavy (non-hydrogen) atoms. The first kappa shape index (κ1) is 20.3. The molecular formula is C19H22F3N7O. The predicted molar refractivity (Wildman–Crippen MR) is 102 cm³/mol. The summed E-state index contributed by atoms with van der Waals surface area (Å²) in [6.07, 6.45) is -2.61. The molecule has 1 fully saturated rings. The minimum absolute atomic E-state index is 0.0105. The Morgan fingerprint density at radius 1 is 1.10 bits per heavy atom. The Morgan fingerprint density at radius 2 is 1.80 bits per heavy atom. The summed E-state index contributed by atoms with van der Waals surface area (Å²) in [6, 6.07) is 2.24. The number of hydrogen-bond donors (Lipinski definition) is 0.